The molecule has 0 aliphatic heterocycles. The van der Waals surface area contributed by atoms with Crippen molar-refractivity contribution in [1.29, 1.82) is 0 Å². The molecule has 0 bridgehead atoms. The maximum Gasteiger partial charge on any atom is 0.316 e. The molecule has 0 saturated carbocycles. The van der Waals surface area contributed by atoms with Crippen LogP contribution >= 0.6 is 0 Å². The van der Waals surface area contributed by atoms with Crippen LogP contribution in [0.4, 0.5) is 0 Å². The van der Waals surface area contributed by atoms with Crippen LogP contribution in [-0.2, 0) is 24.1 Å². The summed E-state index contributed by atoms with van der Waals surface area (Å²) in [5, 5.41) is 0. The molecule has 23 heavy (non-hydrogen) atoms. The lowest BCUT2D eigenvalue weighted by Crippen LogP contribution is -2.39. The van der Waals surface area contributed by atoms with Gasteiger partial charge in [0.1, 0.15) is 0 Å². The van der Waals surface area contributed by atoms with Gasteiger partial charge in [0.05, 0.1) is 15.9 Å². The van der Waals surface area contributed by atoms with E-state index in [9.17, 15) is 18.0 Å². The van der Waals surface area contributed by atoms with Crippen LogP contribution in [0.15, 0.2) is 32.7 Å². The van der Waals surface area contributed by atoms with Crippen molar-refractivity contribution in [1.82, 2.24) is 13.4 Å². The normalized spacial score (nSPS) is 12.2. The molecule has 0 amide bonds. The smallest absolute Gasteiger partial charge is 0.305 e. The van der Waals surface area contributed by atoms with Crippen LogP contribution in [0, 0.1) is 0 Å². The van der Waals surface area contributed by atoms with Crippen LogP contribution in [-0.4, -0.2) is 35.4 Å². The Labute approximate surface area is 134 Å². The Bertz CT molecular complexity index is 957. The minimum absolute atomic E-state index is 0.109. The Hall–Kier alpha value is -1.93. The molecular weight excluding hydrogens is 318 g/mol. The summed E-state index contributed by atoms with van der Waals surface area (Å²) in [5.41, 5.74) is -0.418. The highest BCUT2D eigenvalue weighted by molar-refractivity contribution is 7.89. The van der Waals surface area contributed by atoms with Gasteiger partial charge in [-0.2, -0.15) is 0 Å². The molecule has 0 spiro atoms. The minimum Gasteiger partial charge on any atom is -0.305 e. The summed E-state index contributed by atoms with van der Waals surface area (Å²) in [6, 6.07) is 4.45. The van der Waals surface area contributed by atoms with E-state index in [-0.39, 0.29) is 4.90 Å². The highest BCUT2D eigenvalue weighted by Gasteiger charge is 2.21. The van der Waals surface area contributed by atoms with Gasteiger partial charge >= 0.3 is 11.1 Å². The van der Waals surface area contributed by atoms with E-state index in [1.807, 2.05) is 6.92 Å². The van der Waals surface area contributed by atoms with Gasteiger partial charge in [0.15, 0.2) is 0 Å². The first-order valence-corrected chi connectivity index (χ1v) is 8.82. The second-order valence-electron chi connectivity index (χ2n) is 5.56. The molecule has 1 heterocycles. The topological polar surface area (TPSA) is 81.4 Å². The molecule has 1 aromatic carbocycles. The van der Waals surface area contributed by atoms with E-state index in [4.69, 9.17) is 0 Å². The van der Waals surface area contributed by atoms with Crippen LogP contribution in [0.2, 0.25) is 0 Å². The number of sulfonamides is 1. The lowest BCUT2D eigenvalue weighted by atomic mass is 10.3. The van der Waals surface area contributed by atoms with E-state index in [2.05, 4.69) is 0 Å². The van der Waals surface area contributed by atoms with Crippen molar-refractivity contribution < 1.29 is 8.42 Å². The Morgan fingerprint density at radius 2 is 1.61 bits per heavy atom. The fraction of sp³-hybridized carbons (Fsp3) is 0.467. The SMILES string of the molecule is CCCCN(C)S(=O)(=O)c1ccc2c(c1)n(C)c(=O)c(=O)n2C. The fourth-order valence-corrected chi connectivity index (χ4v) is 3.63. The Morgan fingerprint density at radius 3 is 2.17 bits per heavy atom. The second kappa shape index (κ2) is 6.29. The van der Waals surface area contributed by atoms with Gasteiger partial charge in [0.2, 0.25) is 10.0 Å². The maximum atomic E-state index is 12.6. The van der Waals surface area contributed by atoms with E-state index >= 15 is 0 Å². The largest absolute Gasteiger partial charge is 0.316 e. The van der Waals surface area contributed by atoms with Crippen LogP contribution in [0.3, 0.4) is 0 Å². The number of fused-ring (bicyclic) bond motifs is 1. The van der Waals surface area contributed by atoms with Gasteiger partial charge in [-0.25, -0.2) is 12.7 Å². The zero-order valence-electron chi connectivity index (χ0n) is 13.7. The van der Waals surface area contributed by atoms with Crippen molar-refractivity contribution in [2.24, 2.45) is 14.1 Å². The van der Waals surface area contributed by atoms with Gasteiger partial charge in [-0.1, -0.05) is 13.3 Å². The molecule has 0 radical (unpaired) electrons. The van der Waals surface area contributed by atoms with Gasteiger partial charge in [-0.15, -0.1) is 0 Å². The second-order valence-corrected chi connectivity index (χ2v) is 7.60. The van der Waals surface area contributed by atoms with Gasteiger partial charge in [0.25, 0.3) is 0 Å². The summed E-state index contributed by atoms with van der Waals surface area (Å²) in [5.74, 6) is 0. The number of hydrogen-bond acceptors (Lipinski definition) is 4. The number of unbranched alkanes of at least 4 members (excludes halogenated alkanes) is 1. The maximum absolute atomic E-state index is 12.6. The molecule has 126 valence electrons. The Morgan fingerprint density at radius 1 is 1.04 bits per heavy atom. The molecule has 2 rings (SSSR count). The third-order valence-corrected chi connectivity index (χ3v) is 5.85. The van der Waals surface area contributed by atoms with E-state index in [1.165, 1.54) is 46.7 Å². The van der Waals surface area contributed by atoms with Gasteiger partial charge in [0, 0.05) is 27.7 Å². The predicted octanol–water partition coefficient (Wildman–Crippen LogP) is 0.658. The zero-order chi connectivity index (χ0) is 17.4. The summed E-state index contributed by atoms with van der Waals surface area (Å²) in [7, 11) is 0.867. The van der Waals surface area contributed by atoms with E-state index < -0.39 is 21.1 Å². The first-order chi connectivity index (χ1) is 10.7. The van der Waals surface area contributed by atoms with Crippen molar-refractivity contribution in [3.05, 3.63) is 38.9 Å². The number of hydrogen-bond donors (Lipinski definition) is 0. The van der Waals surface area contributed by atoms with Crippen LogP contribution in [0.25, 0.3) is 11.0 Å². The lowest BCUT2D eigenvalue weighted by Gasteiger charge is -2.18. The third kappa shape index (κ3) is 2.96. The molecule has 0 aliphatic carbocycles. The highest BCUT2D eigenvalue weighted by atomic mass is 32.2. The van der Waals surface area contributed by atoms with Crippen LogP contribution in [0.5, 0.6) is 0 Å². The van der Waals surface area contributed by atoms with Crippen molar-refractivity contribution in [2.75, 3.05) is 13.6 Å². The third-order valence-electron chi connectivity index (χ3n) is 4.00. The minimum atomic E-state index is -3.62. The van der Waals surface area contributed by atoms with Crippen LogP contribution in [0.1, 0.15) is 19.8 Å². The van der Waals surface area contributed by atoms with E-state index in [0.29, 0.717) is 17.6 Å². The summed E-state index contributed by atoms with van der Waals surface area (Å²) in [4.78, 5) is 23.8. The molecular formula is C15H21N3O4S. The average Bonchev–Trinajstić information content (AvgIpc) is 2.55. The molecule has 0 saturated heterocycles. The summed E-state index contributed by atoms with van der Waals surface area (Å²) < 4.78 is 28.9. The number of benzene rings is 1. The molecule has 8 heteroatoms. The summed E-state index contributed by atoms with van der Waals surface area (Å²) in [6.07, 6.45) is 1.67. The number of nitrogens with zero attached hydrogens (tertiary/aromatic N) is 3. The van der Waals surface area contributed by atoms with Gasteiger partial charge in [-0.3, -0.25) is 9.59 Å². The molecule has 0 aliphatic rings. The van der Waals surface area contributed by atoms with Gasteiger partial charge in [-0.05, 0) is 24.6 Å². The molecule has 0 unspecified atom stereocenters. The van der Waals surface area contributed by atoms with Crippen molar-refractivity contribution in [3.63, 3.8) is 0 Å². The molecule has 0 atom stereocenters. The molecule has 2 aromatic rings. The van der Waals surface area contributed by atoms with Crippen molar-refractivity contribution in [3.8, 4) is 0 Å². The molecule has 0 fully saturated rings. The first-order valence-electron chi connectivity index (χ1n) is 7.38. The number of aromatic nitrogens is 2. The van der Waals surface area contributed by atoms with E-state index in [0.717, 1.165) is 12.8 Å². The summed E-state index contributed by atoms with van der Waals surface area (Å²) >= 11 is 0. The Kier molecular flexibility index (Phi) is 4.76. The highest BCUT2D eigenvalue weighted by Crippen LogP contribution is 2.19. The monoisotopic (exact) mass is 339 g/mol. The average molecular weight is 339 g/mol. The predicted molar refractivity (Wildman–Crippen MR) is 89.2 cm³/mol. The van der Waals surface area contributed by atoms with Crippen molar-refractivity contribution in [2.45, 2.75) is 24.7 Å². The van der Waals surface area contributed by atoms with Crippen LogP contribution < -0.4 is 11.1 Å². The quantitative estimate of drug-likeness (QED) is 0.749. The molecule has 7 nitrogen and oxygen atoms in total. The fourth-order valence-electron chi connectivity index (χ4n) is 2.40. The van der Waals surface area contributed by atoms with Gasteiger partial charge < -0.3 is 9.13 Å². The van der Waals surface area contributed by atoms with Crippen molar-refractivity contribution >= 4 is 21.1 Å². The molecule has 0 N–H and O–H groups in total. The standard InChI is InChI=1S/C15H21N3O4S/c1-5-6-9-16(2)23(21,22)11-7-8-12-13(10-11)18(4)15(20)14(19)17(12)3/h7-8,10H,5-6,9H2,1-4H3. The van der Waals surface area contributed by atoms with E-state index in [1.54, 1.807) is 6.07 Å². The summed E-state index contributed by atoms with van der Waals surface area (Å²) in [6.45, 7) is 2.43. The zero-order valence-corrected chi connectivity index (χ0v) is 14.6. The number of aryl methyl sites for hydroxylation is 2. The number of rotatable bonds is 5. The lowest BCUT2D eigenvalue weighted by molar-refractivity contribution is 0.459. The molecule has 1 aromatic heterocycles. The Balaban J connectivity index is 2.66. The first kappa shape index (κ1) is 17.4.